The van der Waals surface area contributed by atoms with Gasteiger partial charge in [0.05, 0.1) is 32.8 Å². The molecule has 8 nitrogen and oxygen atoms in total. The monoisotopic (exact) mass is 429 g/mol. The van der Waals surface area contributed by atoms with E-state index >= 15 is 0 Å². The Kier molecular flexibility index (Phi) is 10.2. The highest BCUT2D eigenvalue weighted by molar-refractivity contribution is 5.93. The summed E-state index contributed by atoms with van der Waals surface area (Å²) in [6.07, 6.45) is 0. The van der Waals surface area contributed by atoms with E-state index in [4.69, 9.17) is 14.2 Å². The lowest BCUT2D eigenvalue weighted by Crippen LogP contribution is -2.40. The lowest BCUT2D eigenvalue weighted by Gasteiger charge is -2.17. The van der Waals surface area contributed by atoms with Crippen molar-refractivity contribution in [1.82, 2.24) is 10.2 Å². The Morgan fingerprint density at radius 3 is 2.26 bits per heavy atom. The summed E-state index contributed by atoms with van der Waals surface area (Å²) in [5.41, 5.74) is 0.604. The molecule has 2 amide bonds. The van der Waals surface area contributed by atoms with Crippen LogP contribution in [0.1, 0.15) is 13.8 Å². The summed E-state index contributed by atoms with van der Waals surface area (Å²) in [6, 6.07) is 14.6. The molecule has 168 valence electrons. The molecule has 2 N–H and O–H groups in total. The molecule has 0 radical (unpaired) electrons. The van der Waals surface area contributed by atoms with E-state index in [1.54, 1.807) is 30.1 Å². The quantitative estimate of drug-likeness (QED) is 0.476. The van der Waals surface area contributed by atoms with Crippen LogP contribution < -0.4 is 24.8 Å². The number of nitrogens with zero attached hydrogens (tertiary/aromatic N) is 1. The van der Waals surface area contributed by atoms with Gasteiger partial charge in [-0.05, 0) is 45.2 Å². The topological polar surface area (TPSA) is 89.1 Å². The van der Waals surface area contributed by atoms with Gasteiger partial charge in [-0.1, -0.05) is 18.2 Å². The molecule has 0 aliphatic carbocycles. The van der Waals surface area contributed by atoms with E-state index in [1.165, 1.54) is 0 Å². The minimum atomic E-state index is -0.227. The first kappa shape index (κ1) is 24.0. The first-order valence-corrected chi connectivity index (χ1v) is 10.3. The summed E-state index contributed by atoms with van der Waals surface area (Å²) in [7, 11) is 1.71. The van der Waals surface area contributed by atoms with E-state index in [-0.39, 0.29) is 24.9 Å². The highest BCUT2D eigenvalue weighted by Crippen LogP contribution is 2.30. The Hall–Kier alpha value is -3.26. The second kappa shape index (κ2) is 13.1. The highest BCUT2D eigenvalue weighted by atomic mass is 16.5. The number of rotatable bonds is 13. The smallest absolute Gasteiger partial charge is 0.238 e. The van der Waals surface area contributed by atoms with Crippen LogP contribution in [0.5, 0.6) is 17.2 Å². The fourth-order valence-corrected chi connectivity index (χ4v) is 2.81. The van der Waals surface area contributed by atoms with E-state index in [0.29, 0.717) is 43.6 Å². The largest absolute Gasteiger partial charge is 0.492 e. The van der Waals surface area contributed by atoms with Gasteiger partial charge in [0, 0.05) is 11.8 Å². The van der Waals surface area contributed by atoms with Crippen molar-refractivity contribution in [3.05, 3.63) is 48.5 Å². The molecular weight excluding hydrogens is 398 g/mol. The SMILES string of the molecule is CCOc1ccc(NC(=O)CN(C)CC(=O)NCCOc2ccccc2)cc1OCC. The molecule has 0 unspecified atom stereocenters. The summed E-state index contributed by atoms with van der Waals surface area (Å²) >= 11 is 0. The third kappa shape index (κ3) is 8.96. The molecule has 8 heteroatoms. The van der Waals surface area contributed by atoms with Crippen molar-refractivity contribution < 1.29 is 23.8 Å². The average Bonchev–Trinajstić information content (AvgIpc) is 2.74. The number of amides is 2. The molecule has 0 aliphatic heterocycles. The van der Waals surface area contributed by atoms with Crippen LogP contribution in [0.25, 0.3) is 0 Å². The maximum absolute atomic E-state index is 12.3. The Morgan fingerprint density at radius 1 is 0.871 bits per heavy atom. The van der Waals surface area contributed by atoms with Crippen LogP contribution >= 0.6 is 0 Å². The van der Waals surface area contributed by atoms with Crippen molar-refractivity contribution in [3.63, 3.8) is 0 Å². The number of ether oxygens (including phenoxy) is 3. The van der Waals surface area contributed by atoms with E-state index in [0.717, 1.165) is 5.75 Å². The van der Waals surface area contributed by atoms with Crippen LogP contribution in [0.4, 0.5) is 5.69 Å². The lowest BCUT2D eigenvalue weighted by molar-refractivity contribution is -0.123. The number of hydrogen-bond donors (Lipinski definition) is 2. The maximum atomic E-state index is 12.3. The second-order valence-electron chi connectivity index (χ2n) is 6.76. The van der Waals surface area contributed by atoms with Crippen LogP contribution in [0.2, 0.25) is 0 Å². The van der Waals surface area contributed by atoms with Gasteiger partial charge in [0.15, 0.2) is 11.5 Å². The molecule has 0 spiro atoms. The molecular formula is C23H31N3O5. The highest BCUT2D eigenvalue weighted by Gasteiger charge is 2.12. The Labute approximate surface area is 183 Å². The summed E-state index contributed by atoms with van der Waals surface area (Å²) < 4.78 is 16.6. The standard InChI is InChI=1S/C23H31N3O5/c1-4-29-20-12-11-18(15-21(20)30-5-2)25-23(28)17-26(3)16-22(27)24-13-14-31-19-9-7-6-8-10-19/h6-12,15H,4-5,13-14,16-17H2,1-3H3,(H,24,27)(H,25,28). The molecule has 31 heavy (non-hydrogen) atoms. The Morgan fingerprint density at radius 2 is 1.55 bits per heavy atom. The average molecular weight is 430 g/mol. The number of carbonyl (C=O) groups excluding carboxylic acids is 2. The second-order valence-corrected chi connectivity index (χ2v) is 6.76. The van der Waals surface area contributed by atoms with Crippen molar-refractivity contribution >= 4 is 17.5 Å². The summed E-state index contributed by atoms with van der Waals surface area (Å²) in [4.78, 5) is 26.0. The Bertz CT molecular complexity index is 829. The molecule has 0 saturated heterocycles. The van der Waals surface area contributed by atoms with Gasteiger partial charge in [0.1, 0.15) is 12.4 Å². The predicted octanol–water partition coefficient (Wildman–Crippen LogP) is 2.55. The van der Waals surface area contributed by atoms with Gasteiger partial charge in [-0.25, -0.2) is 0 Å². The minimum Gasteiger partial charge on any atom is -0.492 e. The van der Waals surface area contributed by atoms with Crippen LogP contribution in [0.3, 0.4) is 0 Å². The van der Waals surface area contributed by atoms with Gasteiger partial charge in [0.25, 0.3) is 0 Å². The number of carbonyl (C=O) groups is 2. The van der Waals surface area contributed by atoms with Crippen LogP contribution in [-0.2, 0) is 9.59 Å². The third-order valence-corrected chi connectivity index (χ3v) is 4.09. The van der Waals surface area contributed by atoms with Gasteiger partial charge in [-0.15, -0.1) is 0 Å². The van der Waals surface area contributed by atoms with Crippen molar-refractivity contribution in [1.29, 1.82) is 0 Å². The zero-order valence-corrected chi connectivity index (χ0v) is 18.3. The molecule has 0 saturated carbocycles. The van der Waals surface area contributed by atoms with Gasteiger partial charge in [0.2, 0.25) is 11.8 Å². The van der Waals surface area contributed by atoms with Gasteiger partial charge < -0.3 is 24.8 Å². The van der Waals surface area contributed by atoms with Crippen molar-refractivity contribution in [2.24, 2.45) is 0 Å². The summed E-state index contributed by atoms with van der Waals surface area (Å²) in [5.74, 6) is 1.56. The van der Waals surface area contributed by atoms with Crippen molar-refractivity contribution in [2.75, 3.05) is 51.8 Å². The third-order valence-electron chi connectivity index (χ3n) is 4.09. The predicted molar refractivity (Wildman–Crippen MR) is 120 cm³/mol. The molecule has 0 aliphatic rings. The first-order chi connectivity index (χ1) is 15.0. The minimum absolute atomic E-state index is 0.0745. The van der Waals surface area contributed by atoms with Crippen molar-refractivity contribution in [2.45, 2.75) is 13.8 Å². The van der Waals surface area contributed by atoms with Crippen LogP contribution in [0.15, 0.2) is 48.5 Å². The fourth-order valence-electron chi connectivity index (χ4n) is 2.81. The Balaban J connectivity index is 1.72. The molecule has 0 bridgehead atoms. The number of para-hydroxylation sites is 1. The zero-order valence-electron chi connectivity index (χ0n) is 18.3. The maximum Gasteiger partial charge on any atom is 0.238 e. The normalized spacial score (nSPS) is 10.5. The number of anilines is 1. The molecule has 0 atom stereocenters. The lowest BCUT2D eigenvalue weighted by atomic mass is 10.2. The fraction of sp³-hybridized carbons (Fsp3) is 0.391. The summed E-state index contributed by atoms with van der Waals surface area (Å²) in [6.45, 7) is 5.74. The first-order valence-electron chi connectivity index (χ1n) is 10.3. The van der Waals surface area contributed by atoms with Crippen LogP contribution in [-0.4, -0.2) is 63.2 Å². The van der Waals surface area contributed by atoms with Gasteiger partial charge >= 0.3 is 0 Å². The number of benzene rings is 2. The molecule has 0 aromatic heterocycles. The van der Waals surface area contributed by atoms with E-state index in [2.05, 4.69) is 10.6 Å². The number of hydrogen-bond acceptors (Lipinski definition) is 6. The molecule has 2 aromatic rings. The molecule has 0 heterocycles. The van der Waals surface area contributed by atoms with E-state index < -0.39 is 0 Å². The van der Waals surface area contributed by atoms with Gasteiger partial charge in [-0.2, -0.15) is 0 Å². The van der Waals surface area contributed by atoms with E-state index in [9.17, 15) is 9.59 Å². The zero-order chi connectivity index (χ0) is 22.5. The molecule has 0 fully saturated rings. The van der Waals surface area contributed by atoms with Crippen molar-refractivity contribution in [3.8, 4) is 17.2 Å². The summed E-state index contributed by atoms with van der Waals surface area (Å²) in [5, 5.41) is 5.60. The van der Waals surface area contributed by atoms with E-state index in [1.807, 2.05) is 44.2 Å². The number of nitrogens with one attached hydrogen (secondary N) is 2. The number of likely N-dealkylation sites (N-methyl/N-ethyl adjacent to an activating group) is 1. The molecule has 2 rings (SSSR count). The van der Waals surface area contributed by atoms with Gasteiger partial charge in [-0.3, -0.25) is 14.5 Å². The van der Waals surface area contributed by atoms with Crippen LogP contribution in [0, 0.1) is 0 Å². The molecule has 2 aromatic carbocycles.